The standard InChI is InChI=1S/C8H10BrNS/c1-6-2-3-7(9)4-8(6)10-5-11/h2-4,10-11H,5H2,1H3. The Kier molecular flexibility index (Phi) is 3.27. The number of hydrogen-bond donors (Lipinski definition) is 2. The molecule has 1 rings (SSSR count). The number of aryl methyl sites for hydroxylation is 1. The van der Waals surface area contributed by atoms with Crippen molar-refractivity contribution in [3.63, 3.8) is 0 Å². The summed E-state index contributed by atoms with van der Waals surface area (Å²) in [6.45, 7) is 2.07. The lowest BCUT2D eigenvalue weighted by atomic mass is 10.2. The topological polar surface area (TPSA) is 12.0 Å². The molecule has 0 spiro atoms. The molecule has 0 aromatic heterocycles. The Labute approximate surface area is 80.7 Å². The second-order valence-corrected chi connectivity index (χ2v) is 3.53. The van der Waals surface area contributed by atoms with E-state index in [1.807, 2.05) is 12.1 Å². The predicted octanol–water partition coefficient (Wildman–Crippen LogP) is 3.06. The van der Waals surface area contributed by atoms with Gasteiger partial charge in [0.15, 0.2) is 0 Å². The van der Waals surface area contributed by atoms with E-state index in [1.54, 1.807) is 0 Å². The molecule has 0 radical (unpaired) electrons. The molecule has 0 aliphatic rings. The van der Waals surface area contributed by atoms with Gasteiger partial charge in [-0.05, 0) is 24.6 Å². The largest absolute Gasteiger partial charge is 0.376 e. The first-order valence-corrected chi connectivity index (χ1v) is 4.77. The summed E-state index contributed by atoms with van der Waals surface area (Å²) < 4.78 is 1.09. The first kappa shape index (κ1) is 8.94. The fraction of sp³-hybridized carbons (Fsp3) is 0.250. The lowest BCUT2D eigenvalue weighted by Crippen LogP contribution is -1.96. The molecule has 0 bridgehead atoms. The molecule has 0 atom stereocenters. The predicted molar refractivity (Wildman–Crippen MR) is 56.4 cm³/mol. The van der Waals surface area contributed by atoms with Crippen LogP contribution in [0.15, 0.2) is 22.7 Å². The van der Waals surface area contributed by atoms with Crippen LogP contribution in [-0.2, 0) is 0 Å². The summed E-state index contributed by atoms with van der Waals surface area (Å²) in [5.41, 5.74) is 2.37. The maximum Gasteiger partial charge on any atom is 0.0581 e. The maximum atomic E-state index is 4.09. The van der Waals surface area contributed by atoms with E-state index in [9.17, 15) is 0 Å². The summed E-state index contributed by atoms with van der Waals surface area (Å²) in [5.74, 6) is 0.664. The van der Waals surface area contributed by atoms with Crippen molar-refractivity contribution < 1.29 is 0 Å². The second-order valence-electron chi connectivity index (χ2n) is 2.29. The van der Waals surface area contributed by atoms with Gasteiger partial charge in [0.05, 0.1) is 5.88 Å². The van der Waals surface area contributed by atoms with E-state index in [-0.39, 0.29) is 0 Å². The Morgan fingerprint density at radius 2 is 2.27 bits per heavy atom. The maximum absolute atomic E-state index is 4.09. The first-order valence-electron chi connectivity index (χ1n) is 3.35. The molecule has 3 heteroatoms. The number of nitrogens with one attached hydrogen (secondary N) is 1. The first-order chi connectivity index (χ1) is 5.24. The minimum absolute atomic E-state index is 0.664. The molecule has 1 N–H and O–H groups in total. The molecule has 60 valence electrons. The normalized spacial score (nSPS) is 9.73. The molecule has 0 saturated carbocycles. The summed E-state index contributed by atoms with van der Waals surface area (Å²) >= 11 is 7.49. The summed E-state index contributed by atoms with van der Waals surface area (Å²) in [4.78, 5) is 0. The van der Waals surface area contributed by atoms with E-state index in [4.69, 9.17) is 0 Å². The van der Waals surface area contributed by atoms with E-state index in [0.717, 1.165) is 10.2 Å². The van der Waals surface area contributed by atoms with Gasteiger partial charge in [0, 0.05) is 10.2 Å². The highest BCUT2D eigenvalue weighted by Crippen LogP contribution is 2.20. The monoisotopic (exact) mass is 231 g/mol. The van der Waals surface area contributed by atoms with Gasteiger partial charge in [-0.1, -0.05) is 22.0 Å². The molecule has 0 amide bonds. The minimum atomic E-state index is 0.664. The van der Waals surface area contributed by atoms with E-state index < -0.39 is 0 Å². The highest BCUT2D eigenvalue weighted by molar-refractivity contribution is 9.10. The number of anilines is 1. The minimum Gasteiger partial charge on any atom is -0.376 e. The molecular formula is C8H10BrNS. The van der Waals surface area contributed by atoms with Gasteiger partial charge < -0.3 is 5.32 Å². The molecule has 1 nitrogen and oxygen atoms in total. The van der Waals surface area contributed by atoms with E-state index in [2.05, 4.69) is 46.9 Å². The molecule has 1 aromatic carbocycles. The third kappa shape index (κ3) is 2.42. The van der Waals surface area contributed by atoms with Crippen molar-refractivity contribution in [3.8, 4) is 0 Å². The molecule has 0 fully saturated rings. The molecule has 0 saturated heterocycles. The quantitative estimate of drug-likeness (QED) is 0.590. The number of halogens is 1. The summed E-state index contributed by atoms with van der Waals surface area (Å²) in [6, 6.07) is 6.14. The van der Waals surface area contributed by atoms with Crippen LogP contribution in [0.1, 0.15) is 5.56 Å². The zero-order valence-corrected chi connectivity index (χ0v) is 8.74. The van der Waals surface area contributed by atoms with Crippen molar-refractivity contribution in [1.82, 2.24) is 0 Å². The Morgan fingerprint density at radius 3 is 2.91 bits per heavy atom. The highest BCUT2D eigenvalue weighted by atomic mass is 79.9. The Bertz CT molecular complexity index is 250. The Hall–Kier alpha value is -0.150. The van der Waals surface area contributed by atoms with Gasteiger partial charge in [-0.2, -0.15) is 12.6 Å². The smallest absolute Gasteiger partial charge is 0.0581 e. The van der Waals surface area contributed by atoms with Crippen LogP contribution in [0, 0.1) is 6.92 Å². The van der Waals surface area contributed by atoms with E-state index in [0.29, 0.717) is 5.88 Å². The van der Waals surface area contributed by atoms with Crippen molar-refractivity contribution in [3.05, 3.63) is 28.2 Å². The van der Waals surface area contributed by atoms with Crippen LogP contribution in [0.5, 0.6) is 0 Å². The third-order valence-electron chi connectivity index (χ3n) is 1.47. The Balaban J connectivity index is 2.93. The average molecular weight is 232 g/mol. The SMILES string of the molecule is Cc1ccc(Br)cc1NCS. The molecule has 0 unspecified atom stereocenters. The number of rotatable bonds is 2. The van der Waals surface area contributed by atoms with Gasteiger partial charge in [0.25, 0.3) is 0 Å². The Morgan fingerprint density at radius 1 is 1.55 bits per heavy atom. The van der Waals surface area contributed by atoms with Crippen molar-refractivity contribution in [2.45, 2.75) is 6.92 Å². The summed E-state index contributed by atoms with van der Waals surface area (Å²) in [6.07, 6.45) is 0. The molecular weight excluding hydrogens is 222 g/mol. The van der Waals surface area contributed by atoms with Crippen LogP contribution in [0.2, 0.25) is 0 Å². The van der Waals surface area contributed by atoms with Gasteiger partial charge in [-0.25, -0.2) is 0 Å². The molecule has 0 aliphatic heterocycles. The van der Waals surface area contributed by atoms with Crippen LogP contribution in [0.3, 0.4) is 0 Å². The van der Waals surface area contributed by atoms with Crippen LogP contribution >= 0.6 is 28.6 Å². The second kappa shape index (κ2) is 4.02. The summed E-state index contributed by atoms with van der Waals surface area (Å²) in [5, 5.41) is 3.15. The zero-order chi connectivity index (χ0) is 8.27. The lowest BCUT2D eigenvalue weighted by Gasteiger charge is -2.06. The number of hydrogen-bond acceptors (Lipinski definition) is 2. The fourth-order valence-electron chi connectivity index (χ4n) is 0.870. The molecule has 11 heavy (non-hydrogen) atoms. The van der Waals surface area contributed by atoms with Gasteiger partial charge in [-0.3, -0.25) is 0 Å². The van der Waals surface area contributed by atoms with Crippen molar-refractivity contribution in [2.24, 2.45) is 0 Å². The molecule has 0 heterocycles. The van der Waals surface area contributed by atoms with Crippen molar-refractivity contribution in [1.29, 1.82) is 0 Å². The lowest BCUT2D eigenvalue weighted by molar-refractivity contribution is 1.38. The number of benzene rings is 1. The van der Waals surface area contributed by atoms with Crippen LogP contribution in [0.25, 0.3) is 0 Å². The molecule has 0 aliphatic carbocycles. The summed E-state index contributed by atoms with van der Waals surface area (Å²) in [7, 11) is 0. The van der Waals surface area contributed by atoms with Gasteiger partial charge in [-0.15, -0.1) is 0 Å². The van der Waals surface area contributed by atoms with Crippen LogP contribution in [0.4, 0.5) is 5.69 Å². The fourth-order valence-corrected chi connectivity index (χ4v) is 1.40. The third-order valence-corrected chi connectivity index (χ3v) is 2.12. The zero-order valence-electron chi connectivity index (χ0n) is 6.26. The van der Waals surface area contributed by atoms with Crippen molar-refractivity contribution >= 4 is 34.2 Å². The van der Waals surface area contributed by atoms with Gasteiger partial charge in [0.1, 0.15) is 0 Å². The van der Waals surface area contributed by atoms with E-state index in [1.165, 1.54) is 5.56 Å². The van der Waals surface area contributed by atoms with E-state index >= 15 is 0 Å². The van der Waals surface area contributed by atoms with Gasteiger partial charge >= 0.3 is 0 Å². The van der Waals surface area contributed by atoms with Gasteiger partial charge in [0.2, 0.25) is 0 Å². The van der Waals surface area contributed by atoms with Crippen LogP contribution in [-0.4, -0.2) is 5.88 Å². The van der Waals surface area contributed by atoms with Crippen molar-refractivity contribution in [2.75, 3.05) is 11.2 Å². The van der Waals surface area contributed by atoms with Crippen LogP contribution < -0.4 is 5.32 Å². The number of thiol groups is 1. The molecule has 1 aromatic rings. The highest BCUT2D eigenvalue weighted by Gasteiger charge is 1.95. The average Bonchev–Trinajstić information content (AvgIpc) is 1.98.